The molecule has 130 valence electrons. The Morgan fingerprint density at radius 2 is 1.96 bits per heavy atom. The van der Waals surface area contributed by atoms with Gasteiger partial charge in [0.25, 0.3) is 0 Å². The number of nitrogens with two attached hydrogens (primary N) is 1. The summed E-state index contributed by atoms with van der Waals surface area (Å²) < 4.78 is 0. The average Bonchev–Trinajstić information content (AvgIpc) is 2.59. The number of anilines is 3. The van der Waals surface area contributed by atoms with Crippen molar-refractivity contribution in [3.63, 3.8) is 0 Å². The molecule has 0 saturated heterocycles. The quantitative estimate of drug-likeness (QED) is 0.226. The summed E-state index contributed by atoms with van der Waals surface area (Å²) in [6, 6.07) is 8.47. The molecule has 11 nitrogen and oxygen atoms in total. The number of hydrogen-bond acceptors (Lipinski definition) is 8. The van der Waals surface area contributed by atoms with Crippen molar-refractivity contribution in [2.75, 3.05) is 22.9 Å². The van der Waals surface area contributed by atoms with Crippen molar-refractivity contribution in [2.45, 2.75) is 0 Å². The second kappa shape index (κ2) is 7.70. The number of nitrogen functional groups attached to an aromatic ring is 1. The number of aromatic nitrogens is 1. The predicted molar refractivity (Wildman–Crippen MR) is 88.5 cm³/mol. The van der Waals surface area contributed by atoms with Crippen LogP contribution in [0.2, 0.25) is 0 Å². The molecule has 0 aliphatic rings. The number of carbonyl (C=O) groups excluding carboxylic acids is 2. The lowest BCUT2D eigenvalue weighted by Gasteiger charge is -2.10. The van der Waals surface area contributed by atoms with Crippen LogP contribution in [0.25, 0.3) is 0 Å². The standard InChI is InChI=1S/C14H14N6O5/c15-13-12(20(24)25)9(6-11(17-13)18-14(22)19-23)16-7-10(21)8-4-2-1-3-5-8/h1-6,23H,7H2,(H5,15,16,17,18,19,22). The summed E-state index contributed by atoms with van der Waals surface area (Å²) in [4.78, 5) is 37.3. The Hall–Kier alpha value is -3.73. The number of benzene rings is 1. The lowest BCUT2D eigenvalue weighted by atomic mass is 10.1. The van der Waals surface area contributed by atoms with E-state index < -0.39 is 22.5 Å². The second-order valence-corrected chi connectivity index (χ2v) is 4.75. The number of nitrogens with one attached hydrogen (secondary N) is 3. The van der Waals surface area contributed by atoms with Crippen LogP contribution in [0.3, 0.4) is 0 Å². The number of amides is 2. The van der Waals surface area contributed by atoms with Gasteiger partial charge in [0.15, 0.2) is 5.78 Å². The molecule has 0 aliphatic heterocycles. The van der Waals surface area contributed by atoms with Gasteiger partial charge in [0, 0.05) is 11.6 Å². The number of hydrogen-bond donors (Lipinski definition) is 5. The molecule has 0 radical (unpaired) electrons. The van der Waals surface area contributed by atoms with E-state index in [1.165, 1.54) is 5.48 Å². The number of carbonyl (C=O) groups is 2. The van der Waals surface area contributed by atoms with Gasteiger partial charge < -0.3 is 11.1 Å². The third-order valence-corrected chi connectivity index (χ3v) is 3.08. The molecule has 0 aliphatic carbocycles. The highest BCUT2D eigenvalue weighted by molar-refractivity contribution is 5.99. The molecule has 0 atom stereocenters. The third-order valence-electron chi connectivity index (χ3n) is 3.08. The van der Waals surface area contributed by atoms with Crippen molar-refractivity contribution in [2.24, 2.45) is 0 Å². The van der Waals surface area contributed by atoms with Crippen molar-refractivity contribution in [1.29, 1.82) is 0 Å². The fraction of sp³-hybridized carbons (Fsp3) is 0.0714. The Kier molecular flexibility index (Phi) is 5.43. The molecule has 1 aromatic heterocycles. The van der Waals surface area contributed by atoms with Gasteiger partial charge in [-0.1, -0.05) is 30.3 Å². The molecule has 0 spiro atoms. The highest BCUT2D eigenvalue weighted by atomic mass is 16.6. The maximum atomic E-state index is 12.1. The number of Topliss-reactive ketones (excluding diaryl/α,β-unsaturated/α-hetero) is 1. The molecule has 0 saturated carbocycles. The van der Waals surface area contributed by atoms with Gasteiger partial charge in [-0.2, -0.15) is 0 Å². The molecule has 1 heterocycles. The molecule has 2 rings (SSSR count). The first-order valence-electron chi connectivity index (χ1n) is 6.90. The molecule has 25 heavy (non-hydrogen) atoms. The van der Waals surface area contributed by atoms with Gasteiger partial charge in [-0.25, -0.2) is 15.3 Å². The summed E-state index contributed by atoms with van der Waals surface area (Å²) in [5.41, 5.74) is 6.66. The number of pyridine rings is 1. The normalized spacial score (nSPS) is 9.96. The minimum atomic E-state index is -1.01. The molecular formula is C14H14N6O5. The number of ketones is 1. The number of rotatable bonds is 6. The Morgan fingerprint density at radius 1 is 1.28 bits per heavy atom. The van der Waals surface area contributed by atoms with Crippen molar-refractivity contribution in [3.8, 4) is 0 Å². The molecule has 1 aromatic carbocycles. The topological polar surface area (TPSA) is 173 Å². The SMILES string of the molecule is Nc1nc(NC(=O)NO)cc(NCC(=O)c2ccccc2)c1[N+](=O)[O-]. The van der Waals surface area contributed by atoms with Crippen LogP contribution in [0.4, 0.5) is 27.8 Å². The van der Waals surface area contributed by atoms with E-state index in [-0.39, 0.29) is 23.8 Å². The Bertz CT molecular complexity index is 811. The molecule has 0 unspecified atom stereocenters. The zero-order valence-electron chi connectivity index (χ0n) is 12.7. The molecule has 11 heteroatoms. The van der Waals surface area contributed by atoms with E-state index >= 15 is 0 Å². The summed E-state index contributed by atoms with van der Waals surface area (Å²) in [6.45, 7) is -0.236. The van der Waals surface area contributed by atoms with Gasteiger partial charge in [-0.15, -0.1) is 0 Å². The fourth-order valence-corrected chi connectivity index (χ4v) is 1.99. The average molecular weight is 346 g/mol. The van der Waals surface area contributed by atoms with E-state index in [2.05, 4.69) is 15.6 Å². The molecule has 2 aromatic rings. The summed E-state index contributed by atoms with van der Waals surface area (Å²) >= 11 is 0. The van der Waals surface area contributed by atoms with Crippen molar-refractivity contribution >= 4 is 34.8 Å². The van der Waals surface area contributed by atoms with Gasteiger partial charge >= 0.3 is 11.7 Å². The summed E-state index contributed by atoms with van der Waals surface area (Å²) in [6.07, 6.45) is 0. The van der Waals surface area contributed by atoms with E-state index in [9.17, 15) is 19.7 Å². The first-order chi connectivity index (χ1) is 11.9. The van der Waals surface area contributed by atoms with E-state index in [0.29, 0.717) is 5.56 Å². The summed E-state index contributed by atoms with van der Waals surface area (Å²) in [7, 11) is 0. The van der Waals surface area contributed by atoms with Gasteiger partial charge in [0.05, 0.1) is 11.5 Å². The van der Waals surface area contributed by atoms with E-state index in [1.807, 2.05) is 0 Å². The molecule has 0 bridgehead atoms. The smallest absolute Gasteiger partial charge is 0.344 e. The van der Waals surface area contributed by atoms with E-state index in [0.717, 1.165) is 6.07 Å². The number of urea groups is 1. The van der Waals surface area contributed by atoms with Gasteiger partial charge in [-0.05, 0) is 0 Å². The number of nitrogens with zero attached hydrogens (tertiary/aromatic N) is 2. The first-order valence-corrected chi connectivity index (χ1v) is 6.90. The van der Waals surface area contributed by atoms with Crippen LogP contribution in [0.1, 0.15) is 10.4 Å². The van der Waals surface area contributed by atoms with E-state index in [4.69, 9.17) is 10.9 Å². The maximum absolute atomic E-state index is 12.1. The van der Waals surface area contributed by atoms with Crippen LogP contribution >= 0.6 is 0 Å². The fourth-order valence-electron chi connectivity index (χ4n) is 1.99. The number of hydroxylamine groups is 1. The van der Waals surface area contributed by atoms with Gasteiger partial charge in [-0.3, -0.25) is 25.4 Å². The molecular weight excluding hydrogens is 332 g/mol. The Balaban J connectivity index is 2.26. The highest BCUT2D eigenvalue weighted by Gasteiger charge is 2.22. The highest BCUT2D eigenvalue weighted by Crippen LogP contribution is 2.31. The van der Waals surface area contributed by atoms with Crippen LogP contribution in [0.15, 0.2) is 36.4 Å². The zero-order valence-corrected chi connectivity index (χ0v) is 12.7. The van der Waals surface area contributed by atoms with Crippen LogP contribution in [-0.2, 0) is 0 Å². The van der Waals surface area contributed by atoms with Gasteiger partial charge in [0.2, 0.25) is 5.82 Å². The van der Waals surface area contributed by atoms with Crippen molar-refractivity contribution in [3.05, 3.63) is 52.1 Å². The second-order valence-electron chi connectivity index (χ2n) is 4.75. The summed E-state index contributed by atoms with van der Waals surface area (Å²) in [5.74, 6) is -0.910. The van der Waals surface area contributed by atoms with Gasteiger partial charge in [0.1, 0.15) is 11.5 Å². The van der Waals surface area contributed by atoms with Crippen molar-refractivity contribution < 1.29 is 19.7 Å². The van der Waals surface area contributed by atoms with Crippen LogP contribution < -0.4 is 21.8 Å². The molecule has 6 N–H and O–H groups in total. The first kappa shape index (κ1) is 17.6. The van der Waals surface area contributed by atoms with E-state index in [1.54, 1.807) is 30.3 Å². The van der Waals surface area contributed by atoms with Crippen LogP contribution in [-0.4, -0.2) is 33.5 Å². The lowest BCUT2D eigenvalue weighted by molar-refractivity contribution is -0.383. The largest absolute Gasteiger partial charge is 0.378 e. The monoisotopic (exact) mass is 346 g/mol. The lowest BCUT2D eigenvalue weighted by Crippen LogP contribution is -2.26. The third kappa shape index (κ3) is 4.39. The minimum absolute atomic E-state index is 0.102. The zero-order chi connectivity index (χ0) is 18.4. The van der Waals surface area contributed by atoms with Crippen molar-refractivity contribution in [1.82, 2.24) is 10.5 Å². The molecule has 0 fully saturated rings. The van der Waals surface area contributed by atoms with Crippen LogP contribution in [0, 0.1) is 10.1 Å². The Morgan fingerprint density at radius 3 is 2.56 bits per heavy atom. The van der Waals surface area contributed by atoms with Crippen LogP contribution in [0.5, 0.6) is 0 Å². The maximum Gasteiger partial charge on any atom is 0.344 e. The summed E-state index contributed by atoms with van der Waals surface area (Å²) in [5, 5.41) is 24.4. The number of nitro groups is 1. The Labute approximate surface area is 141 Å². The predicted octanol–water partition coefficient (Wildman–Crippen LogP) is 1.38. The minimum Gasteiger partial charge on any atom is -0.378 e. The molecule has 2 amide bonds.